The van der Waals surface area contributed by atoms with E-state index < -0.39 is 0 Å². The average Bonchev–Trinajstić information content (AvgIpc) is 3.12. The Bertz CT molecular complexity index is 438. The highest BCUT2D eigenvalue weighted by molar-refractivity contribution is 5.99. The summed E-state index contributed by atoms with van der Waals surface area (Å²) in [6, 6.07) is 6.16. The summed E-state index contributed by atoms with van der Waals surface area (Å²) in [6.07, 6.45) is 3.76. The van der Waals surface area contributed by atoms with Crippen molar-refractivity contribution in [2.75, 3.05) is 12.4 Å². The van der Waals surface area contributed by atoms with Gasteiger partial charge in [0.25, 0.3) is 5.91 Å². The summed E-state index contributed by atoms with van der Waals surface area (Å²) in [5, 5.41) is 6.16. The van der Waals surface area contributed by atoms with E-state index in [2.05, 4.69) is 17.6 Å². The minimum absolute atomic E-state index is 0.0243. The number of carbonyl (C=O) groups excluding carboxylic acids is 1. The van der Waals surface area contributed by atoms with E-state index in [-0.39, 0.29) is 11.9 Å². The molecule has 1 aromatic rings. The molecule has 1 aromatic carbocycles. The van der Waals surface area contributed by atoms with Crippen LogP contribution in [-0.4, -0.2) is 19.0 Å². The molecule has 1 atom stereocenters. The van der Waals surface area contributed by atoms with Crippen molar-refractivity contribution in [3.63, 3.8) is 0 Å². The number of anilines is 1. The van der Waals surface area contributed by atoms with Crippen molar-refractivity contribution in [3.8, 4) is 0 Å². The van der Waals surface area contributed by atoms with Crippen molar-refractivity contribution >= 4 is 11.6 Å². The third-order valence-corrected chi connectivity index (χ3v) is 3.45. The summed E-state index contributed by atoms with van der Waals surface area (Å²) in [5.74, 6) is 0.859. The van der Waals surface area contributed by atoms with Crippen molar-refractivity contribution < 1.29 is 4.79 Å². The van der Waals surface area contributed by atoms with Crippen LogP contribution >= 0.6 is 0 Å². The van der Waals surface area contributed by atoms with E-state index in [4.69, 9.17) is 0 Å². The van der Waals surface area contributed by atoms with Gasteiger partial charge in [-0.25, -0.2) is 0 Å². The average molecular weight is 246 g/mol. The van der Waals surface area contributed by atoms with E-state index in [1.54, 1.807) is 0 Å². The van der Waals surface area contributed by atoms with Gasteiger partial charge in [-0.1, -0.05) is 24.5 Å². The SMILES string of the molecule is CNc1ccc(C)cc1C(=O)NC(C)CC1CC1. The minimum Gasteiger partial charge on any atom is -0.387 e. The maximum absolute atomic E-state index is 12.2. The zero-order chi connectivity index (χ0) is 13.1. The van der Waals surface area contributed by atoms with Crippen LogP contribution in [0, 0.1) is 12.8 Å². The molecule has 1 unspecified atom stereocenters. The number of amides is 1. The Morgan fingerprint density at radius 3 is 2.78 bits per heavy atom. The maximum atomic E-state index is 12.2. The fourth-order valence-corrected chi connectivity index (χ4v) is 2.28. The lowest BCUT2D eigenvalue weighted by molar-refractivity contribution is 0.0938. The Hall–Kier alpha value is -1.51. The van der Waals surface area contributed by atoms with Gasteiger partial charge in [0.1, 0.15) is 0 Å². The summed E-state index contributed by atoms with van der Waals surface area (Å²) in [4.78, 5) is 12.2. The molecule has 0 aliphatic heterocycles. The normalized spacial score (nSPS) is 16.2. The van der Waals surface area contributed by atoms with Crippen molar-refractivity contribution in [1.82, 2.24) is 5.32 Å². The topological polar surface area (TPSA) is 41.1 Å². The van der Waals surface area contributed by atoms with E-state index >= 15 is 0 Å². The van der Waals surface area contributed by atoms with Crippen molar-refractivity contribution in [3.05, 3.63) is 29.3 Å². The van der Waals surface area contributed by atoms with Gasteiger partial charge in [-0.2, -0.15) is 0 Å². The van der Waals surface area contributed by atoms with Gasteiger partial charge in [0.2, 0.25) is 0 Å². The molecule has 0 aromatic heterocycles. The van der Waals surface area contributed by atoms with Crippen LogP contribution in [0.15, 0.2) is 18.2 Å². The monoisotopic (exact) mass is 246 g/mol. The molecule has 3 nitrogen and oxygen atoms in total. The van der Waals surface area contributed by atoms with Gasteiger partial charge in [0, 0.05) is 18.8 Å². The number of hydrogen-bond donors (Lipinski definition) is 2. The highest BCUT2D eigenvalue weighted by Crippen LogP contribution is 2.33. The fraction of sp³-hybridized carbons (Fsp3) is 0.533. The Balaban J connectivity index is 2.04. The number of hydrogen-bond acceptors (Lipinski definition) is 2. The molecule has 1 aliphatic rings. The van der Waals surface area contributed by atoms with E-state index in [9.17, 15) is 4.79 Å². The standard InChI is InChI=1S/C15H22N2O/c1-10-4-7-14(16-3)13(8-10)15(18)17-11(2)9-12-5-6-12/h4,7-8,11-12,16H,5-6,9H2,1-3H3,(H,17,18). The number of carbonyl (C=O) groups is 1. The van der Waals surface area contributed by atoms with Crippen LogP contribution in [0.25, 0.3) is 0 Å². The van der Waals surface area contributed by atoms with Gasteiger partial charge >= 0.3 is 0 Å². The van der Waals surface area contributed by atoms with Crippen LogP contribution in [0.5, 0.6) is 0 Å². The first-order valence-corrected chi connectivity index (χ1v) is 6.69. The van der Waals surface area contributed by atoms with Crippen LogP contribution in [0.3, 0.4) is 0 Å². The molecule has 1 fully saturated rings. The first kappa shape index (κ1) is 12.9. The predicted octanol–water partition coefficient (Wildman–Crippen LogP) is 2.96. The van der Waals surface area contributed by atoms with Crippen LogP contribution in [-0.2, 0) is 0 Å². The van der Waals surface area contributed by atoms with Crippen molar-refractivity contribution in [1.29, 1.82) is 0 Å². The molecule has 0 heterocycles. The lowest BCUT2D eigenvalue weighted by Crippen LogP contribution is -2.33. The molecule has 3 heteroatoms. The Morgan fingerprint density at radius 1 is 1.44 bits per heavy atom. The summed E-state index contributed by atoms with van der Waals surface area (Å²) < 4.78 is 0. The van der Waals surface area contributed by atoms with Gasteiger partial charge in [-0.05, 0) is 38.3 Å². The molecule has 98 valence electrons. The summed E-state index contributed by atoms with van der Waals surface area (Å²) in [5.41, 5.74) is 2.73. The second-order valence-corrected chi connectivity index (χ2v) is 5.35. The second-order valence-electron chi connectivity index (χ2n) is 5.35. The molecule has 1 amide bonds. The highest BCUT2D eigenvalue weighted by Gasteiger charge is 2.24. The summed E-state index contributed by atoms with van der Waals surface area (Å²) in [7, 11) is 1.84. The molecular weight excluding hydrogens is 224 g/mol. The molecule has 0 spiro atoms. The molecular formula is C15H22N2O. The predicted molar refractivity (Wildman–Crippen MR) is 75.0 cm³/mol. The zero-order valence-electron chi connectivity index (χ0n) is 11.4. The van der Waals surface area contributed by atoms with Gasteiger partial charge in [-0.15, -0.1) is 0 Å². The third-order valence-electron chi connectivity index (χ3n) is 3.45. The van der Waals surface area contributed by atoms with E-state index in [0.29, 0.717) is 0 Å². The van der Waals surface area contributed by atoms with E-state index in [1.165, 1.54) is 12.8 Å². The van der Waals surface area contributed by atoms with Gasteiger partial charge < -0.3 is 10.6 Å². The first-order chi connectivity index (χ1) is 8.60. The molecule has 1 saturated carbocycles. The largest absolute Gasteiger partial charge is 0.387 e. The second kappa shape index (κ2) is 5.42. The summed E-state index contributed by atoms with van der Waals surface area (Å²) in [6.45, 7) is 4.09. The number of aryl methyl sites for hydroxylation is 1. The molecule has 0 bridgehead atoms. The number of rotatable bonds is 5. The van der Waals surface area contributed by atoms with Crippen molar-refractivity contribution in [2.45, 2.75) is 39.2 Å². The number of nitrogens with one attached hydrogen (secondary N) is 2. The smallest absolute Gasteiger partial charge is 0.253 e. The van der Waals surface area contributed by atoms with E-state index in [0.717, 1.165) is 29.2 Å². The zero-order valence-corrected chi connectivity index (χ0v) is 11.4. The lowest BCUT2D eigenvalue weighted by Gasteiger charge is -2.15. The van der Waals surface area contributed by atoms with Crippen LogP contribution in [0.4, 0.5) is 5.69 Å². The molecule has 18 heavy (non-hydrogen) atoms. The molecule has 2 N–H and O–H groups in total. The Labute approximate surface area is 109 Å². The van der Waals surface area contributed by atoms with E-state index in [1.807, 2.05) is 32.2 Å². The van der Waals surface area contributed by atoms with Gasteiger partial charge in [-0.3, -0.25) is 4.79 Å². The van der Waals surface area contributed by atoms with Crippen molar-refractivity contribution in [2.24, 2.45) is 5.92 Å². The lowest BCUT2D eigenvalue weighted by atomic mass is 10.1. The van der Waals surface area contributed by atoms with Crippen LogP contribution in [0.2, 0.25) is 0 Å². The fourth-order valence-electron chi connectivity index (χ4n) is 2.28. The summed E-state index contributed by atoms with van der Waals surface area (Å²) >= 11 is 0. The number of benzene rings is 1. The minimum atomic E-state index is 0.0243. The quantitative estimate of drug-likeness (QED) is 0.838. The van der Waals surface area contributed by atoms with Gasteiger partial charge in [0.15, 0.2) is 0 Å². The molecule has 0 radical (unpaired) electrons. The first-order valence-electron chi connectivity index (χ1n) is 6.69. The Kier molecular flexibility index (Phi) is 3.90. The van der Waals surface area contributed by atoms with Gasteiger partial charge in [0.05, 0.1) is 5.56 Å². The Morgan fingerprint density at radius 2 is 2.17 bits per heavy atom. The highest BCUT2D eigenvalue weighted by atomic mass is 16.1. The molecule has 0 saturated heterocycles. The van der Waals surface area contributed by atoms with Crippen LogP contribution in [0.1, 0.15) is 42.1 Å². The molecule has 2 rings (SSSR count). The van der Waals surface area contributed by atoms with Crippen LogP contribution < -0.4 is 10.6 Å². The third kappa shape index (κ3) is 3.25. The molecule has 1 aliphatic carbocycles. The maximum Gasteiger partial charge on any atom is 0.253 e.